The Kier molecular flexibility index (Phi) is 11.1. The first kappa shape index (κ1) is 27.4. The van der Waals surface area contributed by atoms with E-state index in [2.05, 4.69) is 0 Å². The predicted molar refractivity (Wildman–Crippen MR) is 120 cm³/mol. The van der Waals surface area contributed by atoms with Gasteiger partial charge in [0.25, 0.3) is 10.1 Å². The number of hydrogen-bond donors (Lipinski definition) is 3. The standard InChI is InChI=1S/C20H25NO7S.C2H6O/c1-13(2)19(21)20(28-29(3,24)25)14-9-10-17(16(22)11-14)27-18(23)12-26-15-7-5-4-6-8-15;1-2-3/h4-11,13,19-20,22H,12,21H2,1-3H3;3H,2H2,1H3. The van der Waals surface area contributed by atoms with Crippen molar-refractivity contribution in [3.8, 4) is 17.2 Å². The van der Waals surface area contributed by atoms with Crippen molar-refractivity contribution >= 4 is 16.1 Å². The summed E-state index contributed by atoms with van der Waals surface area (Å²) >= 11 is 0. The molecule has 2 aromatic rings. The minimum Gasteiger partial charge on any atom is -0.504 e. The van der Waals surface area contributed by atoms with Crippen LogP contribution in [-0.4, -0.2) is 50.1 Å². The van der Waals surface area contributed by atoms with E-state index in [1.165, 1.54) is 18.2 Å². The SMILES string of the molecule is CC(C)C(N)C(OS(C)(=O)=O)c1ccc(OC(=O)COc2ccccc2)c(O)c1.CCO. The summed E-state index contributed by atoms with van der Waals surface area (Å²) in [4.78, 5) is 12.0. The van der Waals surface area contributed by atoms with Crippen LogP contribution in [-0.2, 0) is 19.1 Å². The van der Waals surface area contributed by atoms with E-state index in [4.69, 9.17) is 24.5 Å². The molecular weight excluding hydrogens is 438 g/mol. The van der Waals surface area contributed by atoms with E-state index in [0.717, 1.165) is 6.26 Å². The Hall–Kier alpha value is -2.66. The maximum Gasteiger partial charge on any atom is 0.349 e. The second-order valence-corrected chi connectivity index (χ2v) is 8.76. The highest BCUT2D eigenvalue weighted by Gasteiger charge is 2.28. The van der Waals surface area contributed by atoms with Gasteiger partial charge in [0.15, 0.2) is 18.1 Å². The molecule has 2 aromatic carbocycles. The van der Waals surface area contributed by atoms with Crippen LogP contribution >= 0.6 is 0 Å². The molecule has 0 radical (unpaired) electrons. The lowest BCUT2D eigenvalue weighted by atomic mass is 9.94. The second-order valence-electron chi connectivity index (χ2n) is 7.16. The molecule has 0 heterocycles. The van der Waals surface area contributed by atoms with E-state index in [-0.39, 0.29) is 30.6 Å². The van der Waals surface area contributed by atoms with Gasteiger partial charge >= 0.3 is 5.97 Å². The van der Waals surface area contributed by atoms with Gasteiger partial charge in [-0.25, -0.2) is 4.79 Å². The molecule has 0 bridgehead atoms. The predicted octanol–water partition coefficient (Wildman–Crippen LogP) is 2.38. The number of esters is 1. The number of carbonyl (C=O) groups excluding carboxylic acids is 1. The summed E-state index contributed by atoms with van der Waals surface area (Å²) in [6.45, 7) is 5.24. The van der Waals surface area contributed by atoms with E-state index >= 15 is 0 Å². The molecule has 2 unspecified atom stereocenters. The quantitative estimate of drug-likeness (QED) is 0.286. The summed E-state index contributed by atoms with van der Waals surface area (Å²) in [5, 5.41) is 17.8. The minimum absolute atomic E-state index is 0.0865. The number of rotatable bonds is 9. The van der Waals surface area contributed by atoms with Crippen molar-refractivity contribution in [3.63, 3.8) is 0 Å². The third-order valence-corrected chi connectivity index (χ3v) is 4.59. The molecule has 0 aliphatic rings. The summed E-state index contributed by atoms with van der Waals surface area (Å²) in [6, 6.07) is 12.2. The number of aliphatic hydroxyl groups is 1. The topological polar surface area (TPSA) is 145 Å². The highest BCUT2D eigenvalue weighted by atomic mass is 32.2. The Morgan fingerprint density at radius 2 is 1.72 bits per heavy atom. The molecule has 10 heteroatoms. The first-order valence-electron chi connectivity index (χ1n) is 9.94. The Bertz CT molecular complexity index is 948. The summed E-state index contributed by atoms with van der Waals surface area (Å²) in [7, 11) is -3.79. The van der Waals surface area contributed by atoms with Gasteiger partial charge in [-0.15, -0.1) is 0 Å². The van der Waals surface area contributed by atoms with Gasteiger partial charge in [-0.2, -0.15) is 8.42 Å². The first-order valence-corrected chi connectivity index (χ1v) is 11.8. The molecule has 9 nitrogen and oxygen atoms in total. The fraction of sp³-hybridized carbons (Fsp3) is 0.409. The van der Waals surface area contributed by atoms with E-state index in [1.807, 2.05) is 19.9 Å². The summed E-state index contributed by atoms with van der Waals surface area (Å²) in [6.07, 6.45) is -0.0717. The summed E-state index contributed by atoms with van der Waals surface area (Å²) in [5.41, 5.74) is 6.43. The van der Waals surface area contributed by atoms with Crippen LogP contribution in [0.5, 0.6) is 17.2 Å². The number of hydrogen-bond acceptors (Lipinski definition) is 9. The van der Waals surface area contributed by atoms with Gasteiger partial charge in [-0.3, -0.25) is 4.18 Å². The van der Waals surface area contributed by atoms with Gasteiger partial charge in [0, 0.05) is 12.6 Å². The van der Waals surface area contributed by atoms with E-state index in [1.54, 1.807) is 31.2 Å². The van der Waals surface area contributed by atoms with Crippen molar-refractivity contribution in [2.24, 2.45) is 11.7 Å². The van der Waals surface area contributed by atoms with Crippen LogP contribution in [0.15, 0.2) is 48.5 Å². The fourth-order valence-electron chi connectivity index (χ4n) is 2.49. The maximum atomic E-state index is 12.0. The van der Waals surface area contributed by atoms with Gasteiger partial charge in [-0.05, 0) is 42.7 Å². The molecule has 0 spiro atoms. The minimum atomic E-state index is -3.79. The number of carbonyl (C=O) groups is 1. The summed E-state index contributed by atoms with van der Waals surface area (Å²) < 4.78 is 38.7. The molecule has 4 N–H and O–H groups in total. The van der Waals surface area contributed by atoms with Crippen molar-refractivity contribution in [1.29, 1.82) is 0 Å². The van der Waals surface area contributed by atoms with Gasteiger partial charge in [0.1, 0.15) is 11.9 Å². The molecule has 0 fully saturated rings. The number of benzene rings is 2. The van der Waals surface area contributed by atoms with Crippen molar-refractivity contribution in [2.45, 2.75) is 32.9 Å². The highest BCUT2D eigenvalue weighted by molar-refractivity contribution is 7.86. The van der Waals surface area contributed by atoms with E-state index < -0.39 is 28.2 Å². The zero-order chi connectivity index (χ0) is 24.3. The Morgan fingerprint density at radius 3 is 2.22 bits per heavy atom. The fourth-order valence-corrected chi connectivity index (χ4v) is 3.10. The molecule has 2 rings (SSSR count). The number of phenolic OH excluding ortho intramolecular Hbond substituents is 1. The summed E-state index contributed by atoms with van der Waals surface area (Å²) in [5.74, 6) is -0.732. The Morgan fingerprint density at radius 1 is 1.12 bits per heavy atom. The zero-order valence-electron chi connectivity index (χ0n) is 18.6. The lowest BCUT2D eigenvalue weighted by molar-refractivity contribution is -0.136. The van der Waals surface area contributed by atoms with Gasteiger partial charge in [0.05, 0.1) is 6.26 Å². The monoisotopic (exact) mass is 469 g/mol. The number of nitrogens with two attached hydrogens (primary N) is 1. The average molecular weight is 470 g/mol. The number of aliphatic hydroxyl groups excluding tert-OH is 1. The van der Waals surface area contributed by atoms with Crippen LogP contribution < -0.4 is 15.2 Å². The van der Waals surface area contributed by atoms with E-state index in [9.17, 15) is 18.3 Å². The molecule has 2 atom stereocenters. The normalized spacial score (nSPS) is 13.0. The molecule has 0 saturated heterocycles. The van der Waals surface area contributed by atoms with Crippen molar-refractivity contribution in [2.75, 3.05) is 19.5 Å². The van der Waals surface area contributed by atoms with Crippen LogP contribution in [0.25, 0.3) is 0 Å². The number of phenols is 1. The molecule has 178 valence electrons. The van der Waals surface area contributed by atoms with Crippen molar-refractivity contribution in [1.82, 2.24) is 0 Å². The Balaban J connectivity index is 0.00000161. The second kappa shape index (κ2) is 13.0. The molecule has 32 heavy (non-hydrogen) atoms. The largest absolute Gasteiger partial charge is 0.504 e. The smallest absolute Gasteiger partial charge is 0.349 e. The maximum absolute atomic E-state index is 12.0. The number of para-hydroxylation sites is 1. The molecule has 0 aliphatic carbocycles. The lowest BCUT2D eigenvalue weighted by Crippen LogP contribution is -2.36. The molecule has 0 saturated carbocycles. The lowest BCUT2D eigenvalue weighted by Gasteiger charge is -2.26. The molecule has 0 amide bonds. The van der Waals surface area contributed by atoms with Gasteiger partial charge in [0.2, 0.25) is 0 Å². The van der Waals surface area contributed by atoms with Gasteiger partial charge < -0.3 is 25.4 Å². The Labute approximate surface area is 188 Å². The first-order chi connectivity index (χ1) is 15.0. The molecule has 0 aliphatic heterocycles. The van der Waals surface area contributed by atoms with Gasteiger partial charge in [-0.1, -0.05) is 38.1 Å². The van der Waals surface area contributed by atoms with Crippen LogP contribution in [0.3, 0.4) is 0 Å². The van der Waals surface area contributed by atoms with Crippen LogP contribution in [0.2, 0.25) is 0 Å². The average Bonchev–Trinajstić information content (AvgIpc) is 2.72. The highest BCUT2D eigenvalue weighted by Crippen LogP contribution is 2.33. The number of aromatic hydroxyl groups is 1. The third-order valence-electron chi connectivity index (χ3n) is 4.03. The molecular formula is C22H31NO8S. The van der Waals surface area contributed by atoms with Crippen LogP contribution in [0.4, 0.5) is 0 Å². The van der Waals surface area contributed by atoms with Crippen LogP contribution in [0, 0.1) is 5.92 Å². The van der Waals surface area contributed by atoms with Crippen molar-refractivity contribution in [3.05, 3.63) is 54.1 Å². The molecule has 0 aromatic heterocycles. The zero-order valence-corrected chi connectivity index (χ0v) is 19.4. The third kappa shape index (κ3) is 9.65. The van der Waals surface area contributed by atoms with Crippen molar-refractivity contribution < 1.29 is 37.1 Å². The van der Waals surface area contributed by atoms with Crippen LogP contribution in [0.1, 0.15) is 32.4 Å². The number of ether oxygens (including phenoxy) is 2. The van der Waals surface area contributed by atoms with E-state index in [0.29, 0.717) is 11.3 Å².